The molecule has 1 aliphatic carbocycles. The molecule has 0 amide bonds. The Balaban J connectivity index is 2.18. The summed E-state index contributed by atoms with van der Waals surface area (Å²) in [6.07, 6.45) is 9.70. The smallest absolute Gasteiger partial charge is 0.0540 e. The maximum Gasteiger partial charge on any atom is 0.0540 e. The zero-order valence-corrected chi connectivity index (χ0v) is 11.2. The minimum atomic E-state index is 0.535. The Morgan fingerprint density at radius 3 is 3.06 bits per heavy atom. The fourth-order valence-electron chi connectivity index (χ4n) is 2.75. The molecule has 0 fully saturated rings. The minimum absolute atomic E-state index is 0.535. The summed E-state index contributed by atoms with van der Waals surface area (Å²) >= 11 is 0. The van der Waals surface area contributed by atoms with E-state index >= 15 is 0 Å². The Kier molecular flexibility index (Phi) is 4.60. The zero-order chi connectivity index (χ0) is 12.1. The van der Waals surface area contributed by atoms with E-state index in [-0.39, 0.29) is 0 Å². The first kappa shape index (κ1) is 12.6. The molecule has 1 unspecified atom stereocenters. The summed E-state index contributed by atoms with van der Waals surface area (Å²) in [7, 11) is 0. The van der Waals surface area contributed by atoms with Crippen molar-refractivity contribution in [3.8, 4) is 0 Å². The van der Waals surface area contributed by atoms with Gasteiger partial charge in [-0.25, -0.2) is 0 Å². The lowest BCUT2D eigenvalue weighted by atomic mass is 10.1. The van der Waals surface area contributed by atoms with Gasteiger partial charge in [-0.05, 0) is 32.2 Å². The number of unbranched alkanes of at least 4 members (excludes halogenated alkanes) is 1. The molecule has 96 valence electrons. The summed E-state index contributed by atoms with van der Waals surface area (Å²) < 4.78 is 2.24. The van der Waals surface area contributed by atoms with Crippen molar-refractivity contribution in [3.63, 3.8) is 0 Å². The van der Waals surface area contributed by atoms with Crippen molar-refractivity contribution in [2.24, 2.45) is 0 Å². The van der Waals surface area contributed by atoms with Gasteiger partial charge in [0, 0.05) is 23.8 Å². The highest BCUT2D eigenvalue weighted by Gasteiger charge is 2.21. The molecule has 1 aliphatic rings. The summed E-state index contributed by atoms with van der Waals surface area (Å²) in [5.41, 5.74) is 2.95. The third kappa shape index (κ3) is 2.89. The standard InChI is InChI=1S/C14H25N3/c1-3-5-10-17-14-9-7-6-8-13(15-4-2)12(14)11-16-17/h11,13,15H,3-10H2,1-2H3. The highest BCUT2D eigenvalue weighted by molar-refractivity contribution is 5.23. The third-order valence-electron chi connectivity index (χ3n) is 3.69. The molecule has 1 heterocycles. The molecule has 3 nitrogen and oxygen atoms in total. The van der Waals surface area contributed by atoms with E-state index < -0.39 is 0 Å². The Bertz CT molecular complexity index is 343. The van der Waals surface area contributed by atoms with Crippen molar-refractivity contribution in [1.82, 2.24) is 15.1 Å². The van der Waals surface area contributed by atoms with Gasteiger partial charge in [0.2, 0.25) is 0 Å². The van der Waals surface area contributed by atoms with Crippen molar-refractivity contribution < 1.29 is 0 Å². The second-order valence-electron chi connectivity index (χ2n) is 4.98. The normalized spacial score (nSPS) is 20.0. The van der Waals surface area contributed by atoms with Gasteiger partial charge in [0.1, 0.15) is 0 Å². The molecule has 1 aromatic heterocycles. The lowest BCUT2D eigenvalue weighted by molar-refractivity contribution is 0.503. The van der Waals surface area contributed by atoms with Gasteiger partial charge < -0.3 is 5.32 Å². The van der Waals surface area contributed by atoms with Gasteiger partial charge >= 0.3 is 0 Å². The molecule has 0 saturated carbocycles. The number of nitrogens with zero attached hydrogens (tertiary/aromatic N) is 2. The van der Waals surface area contributed by atoms with E-state index in [2.05, 4.69) is 35.1 Å². The van der Waals surface area contributed by atoms with Gasteiger partial charge in [0.05, 0.1) is 6.20 Å². The van der Waals surface area contributed by atoms with Crippen LogP contribution in [0.5, 0.6) is 0 Å². The topological polar surface area (TPSA) is 29.9 Å². The van der Waals surface area contributed by atoms with Crippen LogP contribution < -0.4 is 5.32 Å². The molecule has 17 heavy (non-hydrogen) atoms. The van der Waals surface area contributed by atoms with Crippen LogP contribution >= 0.6 is 0 Å². The number of aryl methyl sites for hydroxylation is 1. The fourth-order valence-corrected chi connectivity index (χ4v) is 2.75. The summed E-state index contributed by atoms with van der Waals surface area (Å²) in [6, 6.07) is 0.535. The molecule has 0 aromatic carbocycles. The van der Waals surface area contributed by atoms with E-state index in [1.165, 1.54) is 49.8 Å². The van der Waals surface area contributed by atoms with Crippen LogP contribution in [0.2, 0.25) is 0 Å². The zero-order valence-electron chi connectivity index (χ0n) is 11.2. The highest BCUT2D eigenvalue weighted by atomic mass is 15.3. The van der Waals surface area contributed by atoms with Crippen LogP contribution in [0.25, 0.3) is 0 Å². The van der Waals surface area contributed by atoms with E-state index in [1.54, 1.807) is 0 Å². The Labute approximate surface area is 105 Å². The molecular weight excluding hydrogens is 210 g/mol. The number of rotatable bonds is 5. The van der Waals surface area contributed by atoms with Gasteiger partial charge in [0.25, 0.3) is 0 Å². The van der Waals surface area contributed by atoms with Gasteiger partial charge in [-0.3, -0.25) is 4.68 Å². The van der Waals surface area contributed by atoms with Crippen molar-refractivity contribution in [2.75, 3.05) is 6.54 Å². The second kappa shape index (κ2) is 6.20. The van der Waals surface area contributed by atoms with E-state index in [0.717, 1.165) is 13.1 Å². The maximum atomic E-state index is 4.59. The Hall–Kier alpha value is -0.830. The molecular formula is C14H25N3. The molecule has 1 aromatic rings. The van der Waals surface area contributed by atoms with Crippen LogP contribution in [0.1, 0.15) is 63.3 Å². The van der Waals surface area contributed by atoms with Crippen LogP contribution in [0.3, 0.4) is 0 Å². The van der Waals surface area contributed by atoms with Crippen LogP contribution in [0.4, 0.5) is 0 Å². The molecule has 0 spiro atoms. The minimum Gasteiger partial charge on any atom is -0.310 e. The second-order valence-corrected chi connectivity index (χ2v) is 4.98. The molecule has 0 aliphatic heterocycles. The number of hydrogen-bond acceptors (Lipinski definition) is 2. The SMILES string of the molecule is CCCCn1ncc2c1CCCCC2NCC. The fraction of sp³-hybridized carbons (Fsp3) is 0.786. The number of hydrogen-bond donors (Lipinski definition) is 1. The lowest BCUT2D eigenvalue weighted by Crippen LogP contribution is -2.20. The highest BCUT2D eigenvalue weighted by Crippen LogP contribution is 2.28. The van der Waals surface area contributed by atoms with E-state index in [1.807, 2.05) is 0 Å². The monoisotopic (exact) mass is 235 g/mol. The van der Waals surface area contributed by atoms with Gasteiger partial charge in [-0.15, -0.1) is 0 Å². The first-order chi connectivity index (χ1) is 8.36. The van der Waals surface area contributed by atoms with Crippen LogP contribution in [0.15, 0.2) is 6.20 Å². The molecule has 0 radical (unpaired) electrons. The Morgan fingerprint density at radius 2 is 2.29 bits per heavy atom. The average molecular weight is 235 g/mol. The third-order valence-corrected chi connectivity index (χ3v) is 3.69. The number of nitrogens with one attached hydrogen (secondary N) is 1. The lowest BCUT2D eigenvalue weighted by Gasteiger charge is -2.15. The van der Waals surface area contributed by atoms with Crippen LogP contribution in [-0.4, -0.2) is 16.3 Å². The quantitative estimate of drug-likeness (QED) is 0.795. The van der Waals surface area contributed by atoms with E-state index in [9.17, 15) is 0 Å². The summed E-state index contributed by atoms with van der Waals surface area (Å²) in [6.45, 7) is 6.56. The van der Waals surface area contributed by atoms with Crippen molar-refractivity contribution in [3.05, 3.63) is 17.5 Å². The number of aromatic nitrogens is 2. The molecule has 1 atom stereocenters. The predicted molar refractivity (Wildman–Crippen MR) is 71.1 cm³/mol. The van der Waals surface area contributed by atoms with Crippen molar-refractivity contribution >= 4 is 0 Å². The molecule has 0 saturated heterocycles. The van der Waals surface area contributed by atoms with E-state index in [4.69, 9.17) is 0 Å². The van der Waals surface area contributed by atoms with E-state index in [0.29, 0.717) is 6.04 Å². The predicted octanol–water partition coefficient (Wildman–Crippen LogP) is 3.06. The number of fused-ring (bicyclic) bond motifs is 1. The van der Waals surface area contributed by atoms with Gasteiger partial charge in [-0.1, -0.05) is 26.7 Å². The summed E-state index contributed by atoms with van der Waals surface area (Å²) in [5, 5.41) is 8.18. The summed E-state index contributed by atoms with van der Waals surface area (Å²) in [5.74, 6) is 0. The van der Waals surface area contributed by atoms with Crippen molar-refractivity contribution in [1.29, 1.82) is 0 Å². The average Bonchev–Trinajstić information content (AvgIpc) is 2.63. The molecule has 2 rings (SSSR count). The van der Waals surface area contributed by atoms with Crippen LogP contribution in [0, 0.1) is 0 Å². The molecule has 0 bridgehead atoms. The molecule has 3 heteroatoms. The van der Waals surface area contributed by atoms with Crippen LogP contribution in [-0.2, 0) is 13.0 Å². The summed E-state index contributed by atoms with van der Waals surface area (Å²) in [4.78, 5) is 0. The van der Waals surface area contributed by atoms with Gasteiger partial charge in [-0.2, -0.15) is 5.10 Å². The first-order valence-corrected chi connectivity index (χ1v) is 7.14. The first-order valence-electron chi connectivity index (χ1n) is 7.14. The van der Waals surface area contributed by atoms with Gasteiger partial charge in [0.15, 0.2) is 0 Å². The molecule has 1 N–H and O–H groups in total. The largest absolute Gasteiger partial charge is 0.310 e. The maximum absolute atomic E-state index is 4.59. The Morgan fingerprint density at radius 1 is 1.41 bits per heavy atom. The van der Waals surface area contributed by atoms with Crippen molar-refractivity contribution in [2.45, 2.75) is 65.0 Å².